The van der Waals surface area contributed by atoms with E-state index in [0.29, 0.717) is 17.7 Å². The fourth-order valence-corrected chi connectivity index (χ4v) is 3.35. The van der Waals surface area contributed by atoms with Crippen molar-refractivity contribution in [2.24, 2.45) is 11.8 Å². The Morgan fingerprint density at radius 1 is 1.35 bits per heavy atom. The number of nitrogens with zero attached hydrogens (tertiary/aromatic N) is 1. The van der Waals surface area contributed by atoms with Gasteiger partial charge in [-0.15, -0.1) is 0 Å². The summed E-state index contributed by atoms with van der Waals surface area (Å²) in [5, 5.41) is 9.76. The number of aliphatic hydroxyl groups is 1. The molecule has 1 aliphatic heterocycles. The zero-order valence-electron chi connectivity index (χ0n) is 10.9. The molecule has 0 aromatic heterocycles. The molecule has 3 unspecified atom stereocenters. The van der Waals surface area contributed by atoms with Gasteiger partial charge in [0.1, 0.15) is 0 Å². The molecular formula is C14H25NO2. The molecule has 2 rings (SSSR count). The third kappa shape index (κ3) is 3.21. The molecule has 0 aromatic rings. The first-order valence-electron chi connectivity index (χ1n) is 7.16. The largest absolute Gasteiger partial charge is 0.393 e. The monoisotopic (exact) mass is 239 g/mol. The van der Waals surface area contributed by atoms with Gasteiger partial charge in [0.15, 0.2) is 0 Å². The van der Waals surface area contributed by atoms with Crippen molar-refractivity contribution in [1.82, 2.24) is 4.90 Å². The second-order valence-corrected chi connectivity index (χ2v) is 5.75. The lowest BCUT2D eigenvalue weighted by Gasteiger charge is -2.20. The van der Waals surface area contributed by atoms with Gasteiger partial charge in [-0.2, -0.15) is 0 Å². The fourth-order valence-electron chi connectivity index (χ4n) is 3.35. The highest BCUT2D eigenvalue weighted by Crippen LogP contribution is 2.29. The molecule has 1 saturated heterocycles. The molecule has 1 amide bonds. The van der Waals surface area contributed by atoms with Gasteiger partial charge in [-0.3, -0.25) is 4.79 Å². The van der Waals surface area contributed by atoms with E-state index in [1.807, 2.05) is 4.90 Å². The predicted molar refractivity (Wildman–Crippen MR) is 67.6 cm³/mol. The number of hydrogen-bond donors (Lipinski definition) is 1. The summed E-state index contributed by atoms with van der Waals surface area (Å²) >= 11 is 0. The van der Waals surface area contributed by atoms with Crippen LogP contribution in [0.5, 0.6) is 0 Å². The summed E-state index contributed by atoms with van der Waals surface area (Å²) < 4.78 is 0. The van der Waals surface area contributed by atoms with Crippen molar-refractivity contribution in [2.45, 2.75) is 58.0 Å². The van der Waals surface area contributed by atoms with E-state index in [1.54, 1.807) is 0 Å². The molecule has 1 heterocycles. The SMILES string of the molecule is CCCC1CC(=O)N(CCC2CCCC2O)C1. The first-order valence-corrected chi connectivity index (χ1v) is 7.16. The molecule has 0 aromatic carbocycles. The number of amides is 1. The van der Waals surface area contributed by atoms with Gasteiger partial charge >= 0.3 is 0 Å². The summed E-state index contributed by atoms with van der Waals surface area (Å²) in [6.45, 7) is 4.00. The summed E-state index contributed by atoms with van der Waals surface area (Å²) in [6, 6.07) is 0. The van der Waals surface area contributed by atoms with E-state index in [2.05, 4.69) is 6.92 Å². The van der Waals surface area contributed by atoms with Gasteiger partial charge in [0, 0.05) is 19.5 Å². The molecule has 3 atom stereocenters. The smallest absolute Gasteiger partial charge is 0.222 e. The molecule has 1 aliphatic carbocycles. The second kappa shape index (κ2) is 5.85. The molecule has 1 N–H and O–H groups in total. The quantitative estimate of drug-likeness (QED) is 0.799. The zero-order valence-corrected chi connectivity index (χ0v) is 10.9. The molecule has 3 nitrogen and oxygen atoms in total. The van der Waals surface area contributed by atoms with E-state index in [1.165, 1.54) is 12.8 Å². The predicted octanol–water partition coefficient (Wildman–Crippen LogP) is 2.19. The fraction of sp³-hybridized carbons (Fsp3) is 0.929. The average molecular weight is 239 g/mol. The number of aliphatic hydroxyl groups excluding tert-OH is 1. The van der Waals surface area contributed by atoms with E-state index in [9.17, 15) is 9.90 Å². The van der Waals surface area contributed by atoms with Crippen molar-refractivity contribution in [3.05, 3.63) is 0 Å². The number of rotatable bonds is 5. The topological polar surface area (TPSA) is 40.5 Å². The Kier molecular flexibility index (Phi) is 4.43. The normalized spacial score (nSPS) is 33.6. The van der Waals surface area contributed by atoms with Crippen LogP contribution in [0.25, 0.3) is 0 Å². The standard InChI is InChI=1S/C14H25NO2/c1-2-4-11-9-14(17)15(10-11)8-7-12-5-3-6-13(12)16/h11-13,16H,2-10H2,1H3. The maximum atomic E-state index is 11.8. The van der Waals surface area contributed by atoms with E-state index >= 15 is 0 Å². The summed E-state index contributed by atoms with van der Waals surface area (Å²) in [4.78, 5) is 13.8. The van der Waals surface area contributed by atoms with Crippen molar-refractivity contribution in [3.8, 4) is 0 Å². The van der Waals surface area contributed by atoms with Crippen molar-refractivity contribution in [1.29, 1.82) is 0 Å². The number of carbonyl (C=O) groups excluding carboxylic acids is 1. The molecule has 0 radical (unpaired) electrons. The number of hydrogen-bond acceptors (Lipinski definition) is 2. The minimum atomic E-state index is -0.112. The average Bonchev–Trinajstić information content (AvgIpc) is 2.83. The Labute approximate surface area is 104 Å². The first-order chi connectivity index (χ1) is 8.20. The van der Waals surface area contributed by atoms with Crippen LogP contribution < -0.4 is 0 Å². The lowest BCUT2D eigenvalue weighted by Crippen LogP contribution is -2.29. The lowest BCUT2D eigenvalue weighted by atomic mass is 10.0. The zero-order chi connectivity index (χ0) is 12.3. The Hall–Kier alpha value is -0.570. The van der Waals surface area contributed by atoms with E-state index < -0.39 is 0 Å². The summed E-state index contributed by atoms with van der Waals surface area (Å²) in [6.07, 6.45) is 7.23. The Morgan fingerprint density at radius 2 is 2.18 bits per heavy atom. The van der Waals surface area contributed by atoms with Crippen LogP contribution in [0.3, 0.4) is 0 Å². The van der Waals surface area contributed by atoms with Crippen LogP contribution in [0.15, 0.2) is 0 Å². The maximum absolute atomic E-state index is 11.8. The van der Waals surface area contributed by atoms with Crippen LogP contribution >= 0.6 is 0 Å². The molecular weight excluding hydrogens is 214 g/mol. The van der Waals surface area contributed by atoms with E-state index in [-0.39, 0.29) is 6.10 Å². The Bertz CT molecular complexity index is 267. The number of carbonyl (C=O) groups is 1. The van der Waals surface area contributed by atoms with Crippen molar-refractivity contribution in [3.63, 3.8) is 0 Å². The van der Waals surface area contributed by atoms with Gasteiger partial charge in [0.2, 0.25) is 5.91 Å². The van der Waals surface area contributed by atoms with Crippen LogP contribution in [0.1, 0.15) is 51.9 Å². The van der Waals surface area contributed by atoms with Gasteiger partial charge in [-0.05, 0) is 37.5 Å². The van der Waals surface area contributed by atoms with Crippen LogP contribution in [-0.4, -0.2) is 35.1 Å². The van der Waals surface area contributed by atoms with Crippen LogP contribution in [0.4, 0.5) is 0 Å². The minimum Gasteiger partial charge on any atom is -0.393 e. The van der Waals surface area contributed by atoms with Crippen LogP contribution in [0, 0.1) is 11.8 Å². The Morgan fingerprint density at radius 3 is 2.82 bits per heavy atom. The van der Waals surface area contributed by atoms with E-state index in [4.69, 9.17) is 0 Å². The molecule has 0 spiro atoms. The van der Waals surface area contributed by atoms with Gasteiger partial charge < -0.3 is 10.0 Å². The van der Waals surface area contributed by atoms with Gasteiger partial charge in [-0.1, -0.05) is 19.8 Å². The van der Waals surface area contributed by atoms with Crippen molar-refractivity contribution >= 4 is 5.91 Å². The minimum absolute atomic E-state index is 0.112. The molecule has 2 fully saturated rings. The number of likely N-dealkylation sites (tertiary alicyclic amines) is 1. The summed E-state index contributed by atoms with van der Waals surface area (Å²) in [7, 11) is 0. The molecule has 17 heavy (non-hydrogen) atoms. The molecule has 2 aliphatic rings. The molecule has 3 heteroatoms. The third-order valence-electron chi connectivity index (χ3n) is 4.38. The first kappa shape index (κ1) is 12.9. The van der Waals surface area contributed by atoms with Crippen LogP contribution in [-0.2, 0) is 4.79 Å². The van der Waals surface area contributed by atoms with Gasteiger partial charge in [-0.25, -0.2) is 0 Å². The molecule has 0 bridgehead atoms. The Balaban J connectivity index is 1.74. The summed E-state index contributed by atoms with van der Waals surface area (Å²) in [5.41, 5.74) is 0. The van der Waals surface area contributed by atoms with Crippen molar-refractivity contribution < 1.29 is 9.90 Å². The molecule has 98 valence electrons. The highest BCUT2D eigenvalue weighted by atomic mass is 16.3. The van der Waals surface area contributed by atoms with Gasteiger partial charge in [0.05, 0.1) is 6.10 Å². The lowest BCUT2D eigenvalue weighted by molar-refractivity contribution is -0.128. The van der Waals surface area contributed by atoms with Crippen molar-refractivity contribution in [2.75, 3.05) is 13.1 Å². The third-order valence-corrected chi connectivity index (χ3v) is 4.38. The van der Waals surface area contributed by atoms with Gasteiger partial charge in [0.25, 0.3) is 0 Å². The molecule has 1 saturated carbocycles. The van der Waals surface area contributed by atoms with E-state index in [0.717, 1.165) is 45.2 Å². The summed E-state index contributed by atoms with van der Waals surface area (Å²) in [5.74, 6) is 1.35. The highest BCUT2D eigenvalue weighted by molar-refractivity contribution is 5.78. The highest BCUT2D eigenvalue weighted by Gasteiger charge is 2.31. The maximum Gasteiger partial charge on any atom is 0.222 e. The van der Waals surface area contributed by atoms with Crippen LogP contribution in [0.2, 0.25) is 0 Å². The second-order valence-electron chi connectivity index (χ2n) is 5.75.